The first-order valence-electron chi connectivity index (χ1n) is 9.82. The number of thiazole rings is 1. The number of hydrogen-bond donors (Lipinski definition) is 0. The second kappa shape index (κ2) is 8.10. The first-order chi connectivity index (χ1) is 14.7. The minimum absolute atomic E-state index is 0.0709. The van der Waals surface area contributed by atoms with Crippen molar-refractivity contribution in [3.05, 3.63) is 93.5 Å². The molecule has 1 aliphatic rings. The first kappa shape index (κ1) is 19.1. The summed E-state index contributed by atoms with van der Waals surface area (Å²) < 4.78 is 20.7. The molecule has 0 spiro atoms. The minimum Gasteiger partial charge on any atom is -0.371 e. The molecule has 30 heavy (non-hydrogen) atoms. The molecule has 152 valence electrons. The molecule has 1 unspecified atom stereocenters. The third-order valence-electron chi connectivity index (χ3n) is 5.31. The van der Waals surface area contributed by atoms with Crippen molar-refractivity contribution in [3.63, 3.8) is 0 Å². The Morgan fingerprint density at radius 2 is 1.93 bits per heavy atom. The van der Waals surface area contributed by atoms with Crippen molar-refractivity contribution in [2.24, 2.45) is 0 Å². The van der Waals surface area contributed by atoms with Crippen LogP contribution in [0.3, 0.4) is 0 Å². The molecule has 2 aromatic carbocycles. The SMILES string of the molecule is O=c1cc(CN2CCOC(c3ccc(F)cc3)C2)nc2scc(-c3ccccc3)n12. The number of aromatic nitrogens is 2. The lowest BCUT2D eigenvalue weighted by atomic mass is 10.1. The standard InChI is InChI=1S/C23H20FN3O2S/c24-18-8-6-17(7-9-18)21-14-26(10-11-29-21)13-19-12-22(28)27-20(15-30-23(27)25-19)16-4-2-1-3-5-16/h1-9,12,15,21H,10-11,13-14H2. The molecular weight excluding hydrogens is 401 g/mol. The van der Waals surface area contributed by atoms with Gasteiger partial charge in [0.1, 0.15) is 5.82 Å². The number of nitrogens with zero attached hydrogens (tertiary/aromatic N) is 3. The Morgan fingerprint density at radius 1 is 1.13 bits per heavy atom. The molecule has 5 nitrogen and oxygen atoms in total. The number of rotatable bonds is 4. The summed E-state index contributed by atoms with van der Waals surface area (Å²) in [5.74, 6) is -0.254. The van der Waals surface area contributed by atoms with Crippen LogP contribution in [0.1, 0.15) is 17.4 Å². The van der Waals surface area contributed by atoms with Gasteiger partial charge in [0, 0.05) is 31.1 Å². The summed E-state index contributed by atoms with van der Waals surface area (Å²) in [6.07, 6.45) is -0.115. The van der Waals surface area contributed by atoms with Gasteiger partial charge in [0.05, 0.1) is 24.1 Å². The largest absolute Gasteiger partial charge is 0.371 e. The van der Waals surface area contributed by atoms with Crippen molar-refractivity contribution < 1.29 is 9.13 Å². The van der Waals surface area contributed by atoms with E-state index in [0.717, 1.165) is 29.1 Å². The number of morpholine rings is 1. The van der Waals surface area contributed by atoms with Crippen LogP contribution in [0.5, 0.6) is 0 Å². The number of hydrogen-bond acceptors (Lipinski definition) is 5. The molecule has 7 heteroatoms. The van der Waals surface area contributed by atoms with Crippen molar-refractivity contribution in [2.75, 3.05) is 19.7 Å². The number of ether oxygens (including phenoxy) is 1. The minimum atomic E-state index is -0.254. The smallest absolute Gasteiger partial charge is 0.259 e. The maximum absolute atomic E-state index is 13.2. The molecule has 1 aliphatic heterocycles. The van der Waals surface area contributed by atoms with Crippen LogP contribution in [-0.4, -0.2) is 34.0 Å². The summed E-state index contributed by atoms with van der Waals surface area (Å²) in [5.41, 5.74) is 3.49. The van der Waals surface area contributed by atoms with Gasteiger partial charge in [-0.05, 0) is 23.3 Å². The topological polar surface area (TPSA) is 46.8 Å². The van der Waals surface area contributed by atoms with Gasteiger partial charge in [0.25, 0.3) is 5.56 Å². The van der Waals surface area contributed by atoms with E-state index in [4.69, 9.17) is 9.72 Å². The van der Waals surface area contributed by atoms with Gasteiger partial charge < -0.3 is 4.74 Å². The third kappa shape index (κ3) is 3.79. The van der Waals surface area contributed by atoms with Crippen molar-refractivity contribution >= 4 is 16.3 Å². The summed E-state index contributed by atoms with van der Waals surface area (Å²) in [6, 6.07) is 17.9. The molecule has 0 amide bonds. The van der Waals surface area contributed by atoms with Crippen LogP contribution in [0, 0.1) is 5.82 Å². The highest BCUT2D eigenvalue weighted by molar-refractivity contribution is 7.15. The predicted molar refractivity (Wildman–Crippen MR) is 115 cm³/mol. The molecule has 2 aromatic heterocycles. The van der Waals surface area contributed by atoms with Crippen LogP contribution < -0.4 is 5.56 Å². The molecule has 0 bridgehead atoms. The zero-order valence-electron chi connectivity index (χ0n) is 16.2. The fourth-order valence-corrected chi connectivity index (χ4v) is 4.73. The van der Waals surface area contributed by atoms with Gasteiger partial charge in [-0.3, -0.25) is 14.1 Å². The van der Waals surface area contributed by atoms with Crippen molar-refractivity contribution in [2.45, 2.75) is 12.6 Å². The van der Waals surface area contributed by atoms with Crippen LogP contribution in [0.4, 0.5) is 4.39 Å². The van der Waals surface area contributed by atoms with Crippen molar-refractivity contribution in [1.29, 1.82) is 0 Å². The zero-order valence-corrected chi connectivity index (χ0v) is 17.0. The summed E-state index contributed by atoms with van der Waals surface area (Å²) >= 11 is 1.47. The van der Waals surface area contributed by atoms with E-state index in [2.05, 4.69) is 4.90 Å². The molecule has 5 rings (SSSR count). The molecular formula is C23H20FN3O2S. The van der Waals surface area contributed by atoms with E-state index in [1.54, 1.807) is 22.6 Å². The molecule has 0 saturated carbocycles. The van der Waals surface area contributed by atoms with Crippen molar-refractivity contribution in [1.82, 2.24) is 14.3 Å². The highest BCUT2D eigenvalue weighted by atomic mass is 32.1. The maximum Gasteiger partial charge on any atom is 0.259 e. The van der Waals surface area contributed by atoms with Crippen LogP contribution in [-0.2, 0) is 11.3 Å². The second-order valence-corrected chi connectivity index (χ2v) is 8.17. The van der Waals surface area contributed by atoms with Gasteiger partial charge in [-0.1, -0.05) is 42.5 Å². The van der Waals surface area contributed by atoms with Crippen LogP contribution in [0.2, 0.25) is 0 Å². The number of fused-ring (bicyclic) bond motifs is 1. The lowest BCUT2D eigenvalue weighted by molar-refractivity contribution is -0.0333. The molecule has 0 radical (unpaired) electrons. The Labute approximate surface area is 177 Å². The average molecular weight is 421 g/mol. The molecule has 0 aliphatic carbocycles. The monoisotopic (exact) mass is 421 g/mol. The highest BCUT2D eigenvalue weighted by Crippen LogP contribution is 2.25. The lowest BCUT2D eigenvalue weighted by Crippen LogP contribution is -2.38. The lowest BCUT2D eigenvalue weighted by Gasteiger charge is -2.32. The van der Waals surface area contributed by atoms with Gasteiger partial charge in [-0.2, -0.15) is 0 Å². The van der Waals surface area contributed by atoms with E-state index >= 15 is 0 Å². The number of halogens is 1. The molecule has 4 aromatic rings. The van der Waals surface area contributed by atoms with Gasteiger partial charge in [-0.15, -0.1) is 11.3 Å². The molecule has 1 fully saturated rings. The fourth-order valence-electron chi connectivity index (χ4n) is 3.81. The normalized spacial score (nSPS) is 17.4. The predicted octanol–water partition coefficient (Wildman–Crippen LogP) is 4.14. The molecule has 1 saturated heterocycles. The first-order valence-corrected chi connectivity index (χ1v) is 10.7. The summed E-state index contributed by atoms with van der Waals surface area (Å²) in [5, 5.41) is 1.97. The quantitative estimate of drug-likeness (QED) is 0.497. The van der Waals surface area contributed by atoms with Gasteiger partial charge in [0.15, 0.2) is 4.96 Å². The fraction of sp³-hybridized carbons (Fsp3) is 0.217. The Kier molecular flexibility index (Phi) is 5.16. The Morgan fingerprint density at radius 3 is 2.73 bits per heavy atom. The van der Waals surface area contributed by atoms with Gasteiger partial charge in [0.2, 0.25) is 0 Å². The molecule has 1 atom stereocenters. The van der Waals surface area contributed by atoms with Gasteiger partial charge >= 0.3 is 0 Å². The van der Waals surface area contributed by atoms with E-state index in [1.807, 2.05) is 35.7 Å². The molecule has 0 N–H and O–H groups in total. The Hall–Kier alpha value is -2.87. The summed E-state index contributed by atoms with van der Waals surface area (Å²) in [4.78, 5) is 20.5. The summed E-state index contributed by atoms with van der Waals surface area (Å²) in [6.45, 7) is 2.59. The Balaban J connectivity index is 1.38. The zero-order chi connectivity index (χ0) is 20.5. The maximum atomic E-state index is 13.2. The number of benzene rings is 2. The summed E-state index contributed by atoms with van der Waals surface area (Å²) in [7, 11) is 0. The van der Waals surface area contributed by atoms with E-state index in [-0.39, 0.29) is 17.5 Å². The average Bonchev–Trinajstić information content (AvgIpc) is 3.20. The van der Waals surface area contributed by atoms with E-state index in [0.29, 0.717) is 24.7 Å². The van der Waals surface area contributed by atoms with Crippen LogP contribution in [0.25, 0.3) is 16.2 Å². The van der Waals surface area contributed by atoms with E-state index in [9.17, 15) is 9.18 Å². The van der Waals surface area contributed by atoms with Gasteiger partial charge in [-0.25, -0.2) is 9.37 Å². The molecule has 3 heterocycles. The Bertz CT molecular complexity index is 1220. The van der Waals surface area contributed by atoms with E-state index < -0.39 is 0 Å². The van der Waals surface area contributed by atoms with Crippen LogP contribution >= 0.6 is 11.3 Å². The second-order valence-electron chi connectivity index (χ2n) is 7.34. The highest BCUT2D eigenvalue weighted by Gasteiger charge is 2.23. The van der Waals surface area contributed by atoms with Crippen molar-refractivity contribution in [3.8, 4) is 11.3 Å². The van der Waals surface area contributed by atoms with Crippen LogP contribution in [0.15, 0.2) is 70.8 Å². The van der Waals surface area contributed by atoms with E-state index in [1.165, 1.54) is 23.5 Å². The third-order valence-corrected chi connectivity index (χ3v) is 6.13.